The zero-order valence-electron chi connectivity index (χ0n) is 18.2. The van der Waals surface area contributed by atoms with E-state index in [2.05, 4.69) is 20.1 Å². The molecule has 3 aromatic heterocycles. The van der Waals surface area contributed by atoms with Gasteiger partial charge in [-0.15, -0.1) is 9.19 Å². The number of fused-ring (bicyclic) bond motifs is 1. The Labute approximate surface area is 190 Å². The third-order valence-corrected chi connectivity index (χ3v) is 7.58. The molecule has 1 aliphatic rings. The van der Waals surface area contributed by atoms with Gasteiger partial charge in [0.15, 0.2) is 5.82 Å². The lowest BCUT2D eigenvalue weighted by Gasteiger charge is -2.13. The first kappa shape index (κ1) is 23.4. The molecule has 178 valence electrons. The maximum atomic E-state index is 13.1. The molecule has 4 rings (SSSR count). The second kappa shape index (κ2) is 8.91. The predicted molar refractivity (Wildman–Crippen MR) is 118 cm³/mol. The quantitative estimate of drug-likeness (QED) is 0.361. The lowest BCUT2D eigenvalue weighted by Crippen LogP contribution is -2.27. The molecule has 1 saturated carbocycles. The Balaban J connectivity index is 1.63. The normalized spacial score (nSPS) is 14.7. The second-order valence-electron chi connectivity index (χ2n) is 7.89. The van der Waals surface area contributed by atoms with Crippen molar-refractivity contribution in [3.8, 4) is 0 Å². The maximum Gasteiger partial charge on any atom is 0.257 e. The topological polar surface area (TPSA) is 156 Å². The summed E-state index contributed by atoms with van der Waals surface area (Å²) >= 11 is 0. The number of pyridine rings is 1. The van der Waals surface area contributed by atoms with Gasteiger partial charge >= 0.3 is 0 Å². The summed E-state index contributed by atoms with van der Waals surface area (Å²) < 4.78 is 56.7. The average molecular weight is 497 g/mol. The van der Waals surface area contributed by atoms with Gasteiger partial charge < -0.3 is 4.74 Å². The Morgan fingerprint density at radius 2 is 1.94 bits per heavy atom. The van der Waals surface area contributed by atoms with Crippen LogP contribution in [0.5, 0.6) is 0 Å². The molecule has 0 spiro atoms. The lowest BCUT2D eigenvalue weighted by atomic mass is 10.2. The second-order valence-corrected chi connectivity index (χ2v) is 11.7. The van der Waals surface area contributed by atoms with Crippen LogP contribution in [0.2, 0.25) is 0 Å². The number of aryl methyl sites for hydroxylation is 1. The van der Waals surface area contributed by atoms with Crippen molar-refractivity contribution in [2.24, 2.45) is 0 Å². The minimum atomic E-state index is -3.76. The molecule has 0 radical (unpaired) electrons. The van der Waals surface area contributed by atoms with E-state index in [9.17, 15) is 21.6 Å². The highest BCUT2D eigenvalue weighted by molar-refractivity contribution is 7.90. The predicted octanol–water partition coefficient (Wildman–Crippen LogP) is 0.469. The average Bonchev–Trinajstić information content (AvgIpc) is 3.48. The summed E-state index contributed by atoms with van der Waals surface area (Å²) in [5.74, 6) is 0.464. The minimum Gasteiger partial charge on any atom is -0.377 e. The van der Waals surface area contributed by atoms with Gasteiger partial charge in [0.2, 0.25) is 15.0 Å². The van der Waals surface area contributed by atoms with E-state index in [1.165, 1.54) is 17.1 Å². The van der Waals surface area contributed by atoms with Gasteiger partial charge in [-0.3, -0.25) is 9.36 Å². The van der Waals surface area contributed by atoms with Gasteiger partial charge in [-0.2, -0.15) is 4.98 Å². The molecule has 0 aliphatic heterocycles. The molecule has 1 fully saturated rings. The molecule has 0 saturated heterocycles. The molecular weight excluding hydrogens is 472 g/mol. The highest BCUT2D eigenvalue weighted by atomic mass is 32.2. The van der Waals surface area contributed by atoms with Crippen molar-refractivity contribution in [3.05, 3.63) is 40.3 Å². The molecular formula is C19H24N6O6S2. The largest absolute Gasteiger partial charge is 0.377 e. The number of ether oxygens (including phenoxy) is 1. The van der Waals surface area contributed by atoms with Crippen molar-refractivity contribution in [1.82, 2.24) is 28.7 Å². The number of hydrogen-bond donors (Lipinski definition) is 0. The zero-order chi connectivity index (χ0) is 23.8. The van der Waals surface area contributed by atoms with Gasteiger partial charge in [0, 0.05) is 42.5 Å². The molecule has 0 amide bonds. The van der Waals surface area contributed by atoms with E-state index in [-0.39, 0.29) is 36.9 Å². The van der Waals surface area contributed by atoms with E-state index in [1.54, 1.807) is 13.0 Å². The number of rotatable bonds is 10. The Kier molecular flexibility index (Phi) is 6.33. The van der Waals surface area contributed by atoms with E-state index in [0.29, 0.717) is 23.4 Å². The summed E-state index contributed by atoms with van der Waals surface area (Å²) in [5, 5.41) is 4.10. The van der Waals surface area contributed by atoms with Crippen LogP contribution in [0.1, 0.15) is 43.5 Å². The molecule has 14 heteroatoms. The van der Waals surface area contributed by atoms with Crippen LogP contribution in [0.15, 0.2) is 28.5 Å². The Bertz CT molecular complexity index is 1460. The van der Waals surface area contributed by atoms with Gasteiger partial charge in [-0.05, 0) is 32.3 Å². The summed E-state index contributed by atoms with van der Waals surface area (Å²) in [4.78, 5) is 25.1. The number of hydrogen-bond acceptors (Lipinski definition) is 10. The summed E-state index contributed by atoms with van der Waals surface area (Å²) in [6, 6.07) is 1.56. The van der Waals surface area contributed by atoms with E-state index < -0.39 is 30.6 Å². The van der Waals surface area contributed by atoms with Crippen LogP contribution in [0.4, 0.5) is 0 Å². The molecule has 1 aliphatic carbocycles. The first-order valence-corrected chi connectivity index (χ1v) is 13.9. The van der Waals surface area contributed by atoms with Gasteiger partial charge in [0.1, 0.15) is 12.0 Å². The van der Waals surface area contributed by atoms with Crippen LogP contribution in [0, 0.1) is 0 Å². The number of nitrogens with zero attached hydrogens (tertiary/aromatic N) is 6. The Morgan fingerprint density at radius 1 is 1.18 bits per heavy atom. The summed E-state index contributed by atoms with van der Waals surface area (Å²) in [6.45, 7) is 2.25. The SMILES string of the molecule is CCOCc1cc2cnc(S(C)(=O)=O)nc2n(CCCS(=O)(=O)n2cnc(C3CC3)n2)c1=O. The van der Waals surface area contributed by atoms with E-state index in [0.717, 1.165) is 23.2 Å². The van der Waals surface area contributed by atoms with Crippen LogP contribution >= 0.6 is 0 Å². The Hall–Kier alpha value is -2.71. The number of sulfone groups is 1. The van der Waals surface area contributed by atoms with Crippen molar-refractivity contribution in [1.29, 1.82) is 0 Å². The van der Waals surface area contributed by atoms with Gasteiger partial charge in [0.25, 0.3) is 15.6 Å². The standard InChI is InChI=1S/C19H24N6O6S2/c1-3-31-11-15-9-14-10-20-19(32(2,27)28)22-17(14)24(18(15)26)7-4-8-33(29,30)25-12-21-16(23-25)13-5-6-13/h9-10,12-13H,3-8,11H2,1-2H3. The highest BCUT2D eigenvalue weighted by Crippen LogP contribution is 2.37. The van der Waals surface area contributed by atoms with Crippen LogP contribution < -0.4 is 5.56 Å². The Morgan fingerprint density at radius 3 is 2.61 bits per heavy atom. The van der Waals surface area contributed by atoms with Crippen molar-refractivity contribution in [2.45, 2.75) is 50.4 Å². The first-order valence-electron chi connectivity index (χ1n) is 10.4. The third-order valence-electron chi connectivity index (χ3n) is 5.17. The van der Waals surface area contributed by atoms with Crippen LogP contribution in [0.3, 0.4) is 0 Å². The fourth-order valence-electron chi connectivity index (χ4n) is 3.33. The summed E-state index contributed by atoms with van der Waals surface area (Å²) in [5.41, 5.74) is 0.0291. The molecule has 3 heterocycles. The van der Waals surface area contributed by atoms with Crippen molar-refractivity contribution in [2.75, 3.05) is 18.6 Å². The van der Waals surface area contributed by atoms with Crippen LogP contribution in [-0.4, -0.2) is 64.2 Å². The molecule has 0 atom stereocenters. The van der Waals surface area contributed by atoms with Crippen molar-refractivity contribution >= 4 is 30.9 Å². The van der Waals surface area contributed by atoms with E-state index >= 15 is 0 Å². The molecule has 0 bridgehead atoms. The minimum absolute atomic E-state index is 0.00107. The van der Waals surface area contributed by atoms with Gasteiger partial charge in [-0.1, -0.05) is 0 Å². The van der Waals surface area contributed by atoms with Crippen LogP contribution in [-0.2, 0) is 37.7 Å². The van der Waals surface area contributed by atoms with Crippen molar-refractivity contribution in [3.63, 3.8) is 0 Å². The fraction of sp³-hybridized carbons (Fsp3) is 0.526. The first-order chi connectivity index (χ1) is 15.6. The molecule has 0 N–H and O–H groups in total. The summed E-state index contributed by atoms with van der Waals surface area (Å²) in [6.07, 6.45) is 5.48. The molecule has 33 heavy (non-hydrogen) atoms. The smallest absolute Gasteiger partial charge is 0.257 e. The lowest BCUT2D eigenvalue weighted by molar-refractivity contribution is 0.133. The van der Waals surface area contributed by atoms with E-state index in [1.807, 2.05) is 0 Å². The van der Waals surface area contributed by atoms with Crippen LogP contribution in [0.25, 0.3) is 11.0 Å². The highest BCUT2D eigenvalue weighted by Gasteiger charge is 2.29. The molecule has 12 nitrogen and oxygen atoms in total. The van der Waals surface area contributed by atoms with E-state index in [4.69, 9.17) is 4.74 Å². The fourth-order valence-corrected chi connectivity index (χ4v) is 4.90. The molecule has 3 aromatic rings. The molecule has 0 aromatic carbocycles. The third kappa shape index (κ3) is 5.12. The molecule has 0 unspecified atom stereocenters. The van der Waals surface area contributed by atoms with Gasteiger partial charge in [0.05, 0.1) is 12.4 Å². The van der Waals surface area contributed by atoms with Crippen molar-refractivity contribution < 1.29 is 21.6 Å². The maximum absolute atomic E-state index is 13.1. The zero-order valence-corrected chi connectivity index (χ0v) is 19.8. The number of aromatic nitrogens is 6. The summed E-state index contributed by atoms with van der Waals surface area (Å²) in [7, 11) is -7.47. The monoisotopic (exact) mass is 496 g/mol. The van der Waals surface area contributed by atoms with Gasteiger partial charge in [-0.25, -0.2) is 26.8 Å².